The molecule has 1 aromatic heterocycles. The zero-order valence-electron chi connectivity index (χ0n) is 16.8. The Hall–Kier alpha value is -3.92. The summed E-state index contributed by atoms with van der Waals surface area (Å²) in [6, 6.07) is 15.1. The fraction of sp³-hybridized carbons (Fsp3) is 0.136. The van der Waals surface area contributed by atoms with Gasteiger partial charge in [-0.3, -0.25) is 9.10 Å². The number of nitrogens with one attached hydrogen (secondary N) is 1. The highest BCUT2D eigenvalue weighted by molar-refractivity contribution is 7.92. The molecule has 164 valence electrons. The lowest BCUT2D eigenvalue weighted by Gasteiger charge is -2.19. The van der Waals surface area contributed by atoms with Crippen LogP contribution < -0.4 is 9.62 Å². The third-order valence-corrected chi connectivity index (χ3v) is 6.60. The van der Waals surface area contributed by atoms with Gasteiger partial charge in [-0.2, -0.15) is 0 Å². The van der Waals surface area contributed by atoms with Crippen LogP contribution >= 0.6 is 0 Å². The fourth-order valence-corrected chi connectivity index (χ4v) is 4.74. The molecule has 0 unspecified atom stereocenters. The summed E-state index contributed by atoms with van der Waals surface area (Å²) in [5.41, 5.74) is 2.31. The molecule has 2 aromatic carbocycles. The van der Waals surface area contributed by atoms with Crippen molar-refractivity contribution in [3.8, 4) is 0 Å². The van der Waals surface area contributed by atoms with Gasteiger partial charge in [0.15, 0.2) is 12.4 Å². The smallest absolute Gasteiger partial charge is 0.331 e. The van der Waals surface area contributed by atoms with Gasteiger partial charge in [-0.25, -0.2) is 13.2 Å². The van der Waals surface area contributed by atoms with Gasteiger partial charge >= 0.3 is 5.97 Å². The topological polar surface area (TPSA) is 119 Å². The second-order valence-electron chi connectivity index (χ2n) is 6.90. The third kappa shape index (κ3) is 4.70. The maximum atomic E-state index is 13.0. The lowest BCUT2D eigenvalue weighted by molar-refractivity contribution is -0.142. The number of carbonyl (C=O) groups excluding carboxylic acids is 2. The van der Waals surface area contributed by atoms with Crippen LogP contribution in [0.15, 0.2) is 76.4 Å². The van der Waals surface area contributed by atoms with E-state index in [-0.39, 0.29) is 10.7 Å². The van der Waals surface area contributed by atoms with Crippen LogP contribution in [0.25, 0.3) is 6.08 Å². The molecule has 1 amide bonds. The van der Waals surface area contributed by atoms with Crippen LogP contribution in [0, 0.1) is 0 Å². The van der Waals surface area contributed by atoms with E-state index < -0.39 is 28.5 Å². The van der Waals surface area contributed by atoms with E-state index in [1.165, 1.54) is 34.8 Å². The number of para-hydroxylation sites is 1. The van der Waals surface area contributed by atoms with Crippen LogP contribution in [0.1, 0.15) is 11.1 Å². The molecule has 0 saturated heterocycles. The summed E-state index contributed by atoms with van der Waals surface area (Å²) < 4.78 is 36.9. The second kappa shape index (κ2) is 9.06. The van der Waals surface area contributed by atoms with Crippen LogP contribution in [-0.2, 0) is 30.8 Å². The standard InChI is InChI=1S/C22H19N3O6S/c26-21(23-20-12-14-31-24-20)15-30-22(27)10-7-16-5-8-18(9-6-16)32(28,29)25-13-11-17-3-1-2-4-19(17)25/h1-10,12,14H,11,13,15H2,(H,23,24,26)/b10-7+. The Morgan fingerprint density at radius 2 is 1.91 bits per heavy atom. The summed E-state index contributed by atoms with van der Waals surface area (Å²) >= 11 is 0. The number of benzene rings is 2. The molecular formula is C22H19N3O6S. The maximum absolute atomic E-state index is 13.0. The van der Waals surface area contributed by atoms with Crippen molar-refractivity contribution in [2.75, 3.05) is 22.8 Å². The van der Waals surface area contributed by atoms with Crippen LogP contribution in [0.2, 0.25) is 0 Å². The minimum atomic E-state index is -3.68. The quantitative estimate of drug-likeness (QED) is 0.431. The van der Waals surface area contributed by atoms with Crippen LogP contribution in [0.5, 0.6) is 0 Å². The van der Waals surface area contributed by atoms with E-state index >= 15 is 0 Å². The number of aromatic nitrogens is 1. The average molecular weight is 453 g/mol. The maximum Gasteiger partial charge on any atom is 0.331 e. The number of hydrogen-bond acceptors (Lipinski definition) is 7. The van der Waals surface area contributed by atoms with Gasteiger partial charge in [0, 0.05) is 18.7 Å². The van der Waals surface area contributed by atoms with Crippen LogP contribution in [-0.4, -0.2) is 38.6 Å². The molecule has 2 heterocycles. The molecule has 0 radical (unpaired) electrons. The highest BCUT2D eigenvalue weighted by Gasteiger charge is 2.30. The molecule has 9 nitrogen and oxygen atoms in total. The number of rotatable bonds is 7. The van der Waals surface area contributed by atoms with Gasteiger partial charge in [-0.1, -0.05) is 35.5 Å². The SMILES string of the molecule is O=C(COC(=O)/C=C/c1ccc(S(=O)(=O)N2CCc3ccccc32)cc1)Nc1ccon1. The van der Waals surface area contributed by atoms with Crippen molar-refractivity contribution in [2.24, 2.45) is 0 Å². The third-order valence-electron chi connectivity index (χ3n) is 4.78. The van der Waals surface area contributed by atoms with Crippen LogP contribution in [0.4, 0.5) is 11.5 Å². The van der Waals surface area contributed by atoms with Gasteiger partial charge in [0.25, 0.3) is 15.9 Å². The van der Waals surface area contributed by atoms with Crippen molar-refractivity contribution < 1.29 is 27.3 Å². The Labute approximate surface area is 184 Å². The van der Waals surface area contributed by atoms with Crippen molar-refractivity contribution in [1.29, 1.82) is 0 Å². The molecular weight excluding hydrogens is 434 g/mol. The normalized spacial score (nSPS) is 13.2. The number of amides is 1. The predicted octanol–water partition coefficient (Wildman–Crippen LogP) is 2.62. The van der Waals surface area contributed by atoms with E-state index in [1.54, 1.807) is 18.2 Å². The first-order valence-electron chi connectivity index (χ1n) is 9.69. The number of hydrogen-bond donors (Lipinski definition) is 1. The highest BCUT2D eigenvalue weighted by Crippen LogP contribution is 2.32. The highest BCUT2D eigenvalue weighted by atomic mass is 32.2. The second-order valence-corrected chi connectivity index (χ2v) is 8.76. The van der Waals surface area contributed by atoms with E-state index in [4.69, 9.17) is 4.74 Å². The lowest BCUT2D eigenvalue weighted by atomic mass is 10.2. The number of anilines is 2. The van der Waals surface area contributed by atoms with Crippen molar-refractivity contribution in [3.05, 3.63) is 78.1 Å². The largest absolute Gasteiger partial charge is 0.452 e. The molecule has 3 aromatic rings. The Morgan fingerprint density at radius 3 is 2.66 bits per heavy atom. The molecule has 10 heteroatoms. The Kier molecular flexibility index (Phi) is 6.04. The van der Waals surface area contributed by atoms with Gasteiger partial charge in [0.05, 0.1) is 10.6 Å². The number of carbonyl (C=O) groups is 2. The zero-order chi connectivity index (χ0) is 22.6. The molecule has 0 aliphatic carbocycles. The number of esters is 1. The zero-order valence-corrected chi connectivity index (χ0v) is 17.6. The van der Waals surface area contributed by atoms with Crippen LogP contribution in [0.3, 0.4) is 0 Å². The molecule has 0 atom stereocenters. The Morgan fingerprint density at radius 1 is 1.12 bits per heavy atom. The van der Waals surface area contributed by atoms with Gasteiger partial charge in [0.1, 0.15) is 6.26 Å². The molecule has 0 bridgehead atoms. The predicted molar refractivity (Wildman–Crippen MR) is 116 cm³/mol. The van der Waals surface area contributed by atoms with Gasteiger partial charge < -0.3 is 14.6 Å². The van der Waals surface area contributed by atoms with E-state index in [1.807, 2.05) is 18.2 Å². The monoisotopic (exact) mass is 453 g/mol. The summed E-state index contributed by atoms with van der Waals surface area (Å²) in [5, 5.41) is 5.91. The lowest BCUT2D eigenvalue weighted by Crippen LogP contribution is -2.29. The molecule has 0 spiro atoms. The van der Waals surface area contributed by atoms with Crippen molar-refractivity contribution in [2.45, 2.75) is 11.3 Å². The summed E-state index contributed by atoms with van der Waals surface area (Å²) in [6.45, 7) is -0.0794. The molecule has 32 heavy (non-hydrogen) atoms. The first-order chi connectivity index (χ1) is 15.4. The molecule has 1 N–H and O–H groups in total. The first-order valence-corrected chi connectivity index (χ1v) is 11.1. The molecule has 1 aliphatic heterocycles. The number of ether oxygens (including phenoxy) is 1. The van der Waals surface area contributed by atoms with Gasteiger partial charge in [-0.05, 0) is 41.8 Å². The number of nitrogens with zero attached hydrogens (tertiary/aromatic N) is 2. The van der Waals surface area contributed by atoms with E-state index in [2.05, 4.69) is 15.0 Å². The number of fused-ring (bicyclic) bond motifs is 1. The molecule has 1 aliphatic rings. The van der Waals surface area contributed by atoms with Crippen molar-refractivity contribution in [1.82, 2.24) is 5.16 Å². The van der Waals surface area contributed by atoms with E-state index in [0.29, 0.717) is 24.2 Å². The molecule has 4 rings (SSSR count). The van der Waals surface area contributed by atoms with E-state index in [9.17, 15) is 18.0 Å². The molecule has 0 saturated carbocycles. The van der Waals surface area contributed by atoms with Crippen molar-refractivity contribution in [3.63, 3.8) is 0 Å². The summed E-state index contributed by atoms with van der Waals surface area (Å²) in [5.74, 6) is -1.06. The molecule has 0 fully saturated rings. The summed E-state index contributed by atoms with van der Waals surface area (Å²) in [7, 11) is -3.68. The summed E-state index contributed by atoms with van der Waals surface area (Å²) in [4.78, 5) is 23.6. The Bertz CT molecular complexity index is 1250. The van der Waals surface area contributed by atoms with Crippen molar-refractivity contribution >= 4 is 39.5 Å². The fourth-order valence-electron chi connectivity index (χ4n) is 3.24. The van der Waals surface area contributed by atoms with Gasteiger partial charge in [0.2, 0.25) is 0 Å². The minimum absolute atomic E-state index is 0.165. The number of sulfonamides is 1. The van der Waals surface area contributed by atoms with E-state index in [0.717, 1.165) is 11.6 Å². The average Bonchev–Trinajstić information content (AvgIpc) is 3.46. The minimum Gasteiger partial charge on any atom is -0.452 e. The Balaban J connectivity index is 1.35. The summed E-state index contributed by atoms with van der Waals surface area (Å²) in [6.07, 6.45) is 4.60. The van der Waals surface area contributed by atoms with Gasteiger partial charge in [-0.15, -0.1) is 0 Å². The first kappa shape index (κ1) is 21.3.